The Balaban J connectivity index is 1.87. The van der Waals surface area contributed by atoms with Gasteiger partial charge in [0.15, 0.2) is 11.6 Å². The van der Waals surface area contributed by atoms with Gasteiger partial charge in [-0.2, -0.15) is 0 Å². The number of esters is 1. The Kier molecular flexibility index (Phi) is 7.34. The van der Waals surface area contributed by atoms with E-state index in [0.717, 1.165) is 5.56 Å². The molecule has 5 nitrogen and oxygen atoms in total. The maximum Gasteiger partial charge on any atom is 0.329 e. The van der Waals surface area contributed by atoms with E-state index in [4.69, 9.17) is 9.47 Å². The predicted octanol–water partition coefficient (Wildman–Crippen LogP) is 3.51. The van der Waals surface area contributed by atoms with Crippen LogP contribution in [-0.4, -0.2) is 31.1 Å². The minimum Gasteiger partial charge on any atom is -0.487 e. The first kappa shape index (κ1) is 20.4. The lowest BCUT2D eigenvalue weighted by Gasteiger charge is -2.21. The standard InChI is InChI=1S/C21H24FNO4/c1-14(2)19(23-20(24)16-8-6-7-15(3)13-16)21(25)27-12-11-26-18-10-5-4-9-17(18)22/h4-10,13-14,19H,11-12H2,1-3H3,(H,23,24)/t19-/m0/s1. The molecule has 1 atom stereocenters. The molecule has 0 fully saturated rings. The summed E-state index contributed by atoms with van der Waals surface area (Å²) in [4.78, 5) is 24.7. The summed E-state index contributed by atoms with van der Waals surface area (Å²) in [6.45, 7) is 5.50. The molecule has 0 aliphatic rings. The van der Waals surface area contributed by atoms with E-state index in [2.05, 4.69) is 5.32 Å². The van der Waals surface area contributed by atoms with Gasteiger partial charge >= 0.3 is 5.97 Å². The first-order valence-electron chi connectivity index (χ1n) is 8.80. The number of aryl methyl sites for hydroxylation is 1. The van der Waals surface area contributed by atoms with E-state index in [1.807, 2.05) is 26.8 Å². The lowest BCUT2D eigenvalue weighted by molar-refractivity contribution is -0.147. The number of benzene rings is 2. The van der Waals surface area contributed by atoms with Crippen molar-refractivity contribution >= 4 is 11.9 Å². The molecule has 2 aromatic carbocycles. The third kappa shape index (κ3) is 6.09. The lowest BCUT2D eigenvalue weighted by Crippen LogP contribution is -2.45. The highest BCUT2D eigenvalue weighted by atomic mass is 19.1. The second-order valence-electron chi connectivity index (χ2n) is 6.51. The first-order valence-corrected chi connectivity index (χ1v) is 8.80. The van der Waals surface area contributed by atoms with Crippen molar-refractivity contribution in [1.29, 1.82) is 0 Å². The van der Waals surface area contributed by atoms with Crippen LogP contribution in [0.5, 0.6) is 5.75 Å². The highest BCUT2D eigenvalue weighted by Gasteiger charge is 2.26. The fourth-order valence-electron chi connectivity index (χ4n) is 2.45. The summed E-state index contributed by atoms with van der Waals surface area (Å²) in [6.07, 6.45) is 0. The van der Waals surface area contributed by atoms with Crippen LogP contribution >= 0.6 is 0 Å². The summed E-state index contributed by atoms with van der Waals surface area (Å²) >= 11 is 0. The minimum atomic E-state index is -0.786. The van der Waals surface area contributed by atoms with Crippen LogP contribution in [0, 0.1) is 18.7 Å². The number of nitrogens with one attached hydrogen (secondary N) is 1. The summed E-state index contributed by atoms with van der Waals surface area (Å²) in [5.74, 6) is -1.42. The van der Waals surface area contributed by atoms with E-state index in [-0.39, 0.29) is 30.8 Å². The van der Waals surface area contributed by atoms with E-state index in [9.17, 15) is 14.0 Å². The molecule has 0 radical (unpaired) electrons. The number of halogens is 1. The zero-order chi connectivity index (χ0) is 19.8. The molecule has 1 N–H and O–H groups in total. The topological polar surface area (TPSA) is 64.6 Å². The number of carbonyl (C=O) groups is 2. The second kappa shape index (κ2) is 9.71. The van der Waals surface area contributed by atoms with Gasteiger partial charge in [-0.1, -0.05) is 43.7 Å². The molecular formula is C21H24FNO4. The van der Waals surface area contributed by atoms with Crippen LogP contribution in [0.2, 0.25) is 0 Å². The average molecular weight is 373 g/mol. The van der Waals surface area contributed by atoms with Crippen molar-refractivity contribution in [3.05, 3.63) is 65.5 Å². The smallest absolute Gasteiger partial charge is 0.329 e. The van der Waals surface area contributed by atoms with Crippen molar-refractivity contribution in [2.45, 2.75) is 26.8 Å². The summed E-state index contributed by atoms with van der Waals surface area (Å²) < 4.78 is 23.9. The quantitative estimate of drug-likeness (QED) is 0.568. The fraction of sp³-hybridized carbons (Fsp3) is 0.333. The van der Waals surface area contributed by atoms with Gasteiger partial charge in [-0.25, -0.2) is 9.18 Å². The first-order chi connectivity index (χ1) is 12.9. The summed E-state index contributed by atoms with van der Waals surface area (Å²) in [5.41, 5.74) is 1.44. The zero-order valence-corrected chi connectivity index (χ0v) is 15.7. The molecule has 6 heteroatoms. The number of hydrogen-bond donors (Lipinski definition) is 1. The maximum absolute atomic E-state index is 13.5. The van der Waals surface area contributed by atoms with Crippen molar-refractivity contribution in [3.8, 4) is 5.75 Å². The molecule has 0 aromatic heterocycles. The summed E-state index contributed by atoms with van der Waals surface area (Å²) in [5, 5.41) is 2.71. The Morgan fingerprint density at radius 2 is 1.81 bits per heavy atom. The van der Waals surface area contributed by atoms with Crippen molar-refractivity contribution in [3.63, 3.8) is 0 Å². The normalized spacial score (nSPS) is 11.7. The molecule has 0 saturated heterocycles. The minimum absolute atomic E-state index is 0.0172. The van der Waals surface area contributed by atoms with Gasteiger partial charge in [-0.05, 0) is 37.1 Å². The van der Waals surface area contributed by atoms with Gasteiger partial charge in [0.1, 0.15) is 19.3 Å². The molecule has 2 rings (SSSR count). The molecule has 0 aliphatic heterocycles. The van der Waals surface area contributed by atoms with Crippen LogP contribution in [0.3, 0.4) is 0 Å². The lowest BCUT2D eigenvalue weighted by atomic mass is 10.0. The monoisotopic (exact) mass is 373 g/mol. The van der Waals surface area contributed by atoms with Crippen molar-refractivity contribution in [2.75, 3.05) is 13.2 Å². The van der Waals surface area contributed by atoms with Crippen LogP contribution in [0.15, 0.2) is 48.5 Å². The van der Waals surface area contributed by atoms with Crippen molar-refractivity contribution in [1.82, 2.24) is 5.32 Å². The van der Waals surface area contributed by atoms with Crippen LogP contribution in [0.1, 0.15) is 29.8 Å². The van der Waals surface area contributed by atoms with Crippen LogP contribution in [-0.2, 0) is 9.53 Å². The highest BCUT2D eigenvalue weighted by molar-refractivity contribution is 5.97. The molecule has 1 amide bonds. The van der Waals surface area contributed by atoms with Gasteiger partial charge in [0, 0.05) is 5.56 Å². The van der Waals surface area contributed by atoms with E-state index in [0.29, 0.717) is 5.56 Å². The van der Waals surface area contributed by atoms with E-state index < -0.39 is 17.8 Å². The summed E-state index contributed by atoms with van der Waals surface area (Å²) in [7, 11) is 0. The van der Waals surface area contributed by atoms with E-state index >= 15 is 0 Å². The second-order valence-corrected chi connectivity index (χ2v) is 6.51. The molecule has 0 spiro atoms. The maximum atomic E-state index is 13.5. The Hall–Kier alpha value is -2.89. The largest absolute Gasteiger partial charge is 0.487 e. The van der Waals surface area contributed by atoms with Gasteiger partial charge < -0.3 is 14.8 Å². The molecular weight excluding hydrogens is 349 g/mol. The Bertz CT molecular complexity index is 791. The predicted molar refractivity (Wildman–Crippen MR) is 100 cm³/mol. The van der Waals surface area contributed by atoms with Crippen LogP contribution in [0.4, 0.5) is 4.39 Å². The molecule has 144 valence electrons. The molecule has 0 bridgehead atoms. The third-order valence-electron chi connectivity index (χ3n) is 3.91. The fourth-order valence-corrected chi connectivity index (χ4v) is 2.45. The number of para-hydroxylation sites is 1. The number of amides is 1. The molecule has 27 heavy (non-hydrogen) atoms. The molecule has 0 aliphatic carbocycles. The van der Waals surface area contributed by atoms with Gasteiger partial charge in [0.25, 0.3) is 5.91 Å². The number of rotatable bonds is 8. The van der Waals surface area contributed by atoms with E-state index in [1.165, 1.54) is 12.1 Å². The number of carbonyl (C=O) groups excluding carboxylic acids is 2. The van der Waals surface area contributed by atoms with Crippen molar-refractivity contribution < 1.29 is 23.5 Å². The SMILES string of the molecule is Cc1cccc(C(=O)N[C@H](C(=O)OCCOc2ccccc2F)C(C)C)c1. The molecule has 0 saturated carbocycles. The van der Waals surface area contributed by atoms with Crippen LogP contribution < -0.4 is 10.1 Å². The van der Waals surface area contributed by atoms with E-state index in [1.54, 1.807) is 30.3 Å². The molecule has 2 aromatic rings. The van der Waals surface area contributed by atoms with Gasteiger partial charge in [-0.3, -0.25) is 4.79 Å². The van der Waals surface area contributed by atoms with Crippen LogP contribution in [0.25, 0.3) is 0 Å². The Labute approximate surface area is 158 Å². The van der Waals surface area contributed by atoms with Crippen molar-refractivity contribution in [2.24, 2.45) is 5.92 Å². The number of ether oxygens (including phenoxy) is 2. The Morgan fingerprint density at radius 1 is 1.07 bits per heavy atom. The molecule has 0 heterocycles. The highest BCUT2D eigenvalue weighted by Crippen LogP contribution is 2.15. The zero-order valence-electron chi connectivity index (χ0n) is 15.7. The Morgan fingerprint density at radius 3 is 2.48 bits per heavy atom. The molecule has 0 unspecified atom stereocenters. The average Bonchev–Trinajstić information content (AvgIpc) is 2.64. The summed E-state index contributed by atoms with van der Waals surface area (Å²) in [6, 6.07) is 12.3. The van der Waals surface area contributed by atoms with Gasteiger partial charge in [0.2, 0.25) is 0 Å². The third-order valence-corrected chi connectivity index (χ3v) is 3.91. The van der Waals surface area contributed by atoms with Gasteiger partial charge in [0.05, 0.1) is 0 Å². The van der Waals surface area contributed by atoms with Gasteiger partial charge in [-0.15, -0.1) is 0 Å². The number of hydrogen-bond acceptors (Lipinski definition) is 4.